The summed E-state index contributed by atoms with van der Waals surface area (Å²) >= 11 is 0. The van der Waals surface area contributed by atoms with Crippen LogP contribution < -0.4 is 0 Å². The molecule has 0 heterocycles. The molecule has 0 aromatic carbocycles. The third kappa shape index (κ3) is 9.13. The molecular formula is C6H15CeNO3. The second-order valence-corrected chi connectivity index (χ2v) is 2.01. The van der Waals surface area contributed by atoms with E-state index < -0.39 is 0 Å². The van der Waals surface area contributed by atoms with E-state index >= 15 is 0 Å². The first-order valence-electron chi connectivity index (χ1n) is 3.40. The zero-order valence-corrected chi connectivity index (χ0v) is 9.67. The normalized spacial score (nSPS) is 9.82. The van der Waals surface area contributed by atoms with E-state index in [1.807, 2.05) is 0 Å². The van der Waals surface area contributed by atoms with Crippen LogP contribution in [0, 0.1) is 41.7 Å². The van der Waals surface area contributed by atoms with Gasteiger partial charge in [-0.15, -0.1) is 0 Å². The Morgan fingerprint density at radius 1 is 0.727 bits per heavy atom. The van der Waals surface area contributed by atoms with Crippen LogP contribution >= 0.6 is 0 Å². The number of hydrogen-bond donors (Lipinski definition) is 3. The SMILES string of the molecule is OCCN(CCO)CCO.[Ce]. The fourth-order valence-electron chi connectivity index (χ4n) is 0.760. The summed E-state index contributed by atoms with van der Waals surface area (Å²) < 4.78 is 0. The summed E-state index contributed by atoms with van der Waals surface area (Å²) in [5.41, 5.74) is 0. The van der Waals surface area contributed by atoms with Crippen LogP contribution in [0.2, 0.25) is 0 Å². The Morgan fingerprint density at radius 2 is 1.00 bits per heavy atom. The first-order chi connectivity index (χ1) is 4.85. The van der Waals surface area contributed by atoms with Gasteiger partial charge in [0.25, 0.3) is 0 Å². The van der Waals surface area contributed by atoms with E-state index in [0.29, 0.717) is 19.6 Å². The molecule has 0 amide bonds. The quantitative estimate of drug-likeness (QED) is 0.543. The van der Waals surface area contributed by atoms with Crippen molar-refractivity contribution in [3.63, 3.8) is 0 Å². The van der Waals surface area contributed by atoms with Crippen molar-refractivity contribution in [1.29, 1.82) is 0 Å². The summed E-state index contributed by atoms with van der Waals surface area (Å²) in [6, 6.07) is 0. The summed E-state index contributed by atoms with van der Waals surface area (Å²) in [4.78, 5) is 1.79. The summed E-state index contributed by atoms with van der Waals surface area (Å²) in [5, 5.41) is 25.5. The topological polar surface area (TPSA) is 63.9 Å². The fourth-order valence-corrected chi connectivity index (χ4v) is 0.760. The molecule has 0 radical (unpaired) electrons. The fraction of sp³-hybridized carbons (Fsp3) is 1.00. The first-order valence-corrected chi connectivity index (χ1v) is 3.40. The van der Waals surface area contributed by atoms with Gasteiger partial charge in [0.2, 0.25) is 0 Å². The van der Waals surface area contributed by atoms with E-state index in [9.17, 15) is 0 Å². The van der Waals surface area contributed by atoms with Crippen LogP contribution in [-0.2, 0) is 0 Å². The molecule has 5 heteroatoms. The molecule has 0 bridgehead atoms. The molecule has 0 aliphatic rings. The van der Waals surface area contributed by atoms with Crippen molar-refractivity contribution < 1.29 is 57.1 Å². The van der Waals surface area contributed by atoms with Crippen LogP contribution in [0.5, 0.6) is 0 Å². The third-order valence-electron chi connectivity index (χ3n) is 1.25. The monoisotopic (exact) mass is 289 g/mol. The molecular weight excluding hydrogens is 274 g/mol. The molecule has 0 spiro atoms. The van der Waals surface area contributed by atoms with Crippen molar-refractivity contribution in [2.75, 3.05) is 39.5 Å². The Hall–Kier alpha value is 1.22. The van der Waals surface area contributed by atoms with E-state index in [1.54, 1.807) is 4.90 Å². The van der Waals surface area contributed by atoms with Crippen LogP contribution in [-0.4, -0.2) is 59.7 Å². The molecule has 0 saturated heterocycles. The van der Waals surface area contributed by atoms with E-state index in [-0.39, 0.29) is 61.6 Å². The molecule has 11 heavy (non-hydrogen) atoms. The van der Waals surface area contributed by atoms with E-state index in [2.05, 4.69) is 0 Å². The maximum Gasteiger partial charge on any atom is 0.0558 e. The number of aliphatic hydroxyl groups is 3. The molecule has 0 atom stereocenters. The second-order valence-electron chi connectivity index (χ2n) is 2.01. The second kappa shape index (κ2) is 11.2. The van der Waals surface area contributed by atoms with Gasteiger partial charge in [0.1, 0.15) is 0 Å². The largest absolute Gasteiger partial charge is 0.395 e. The van der Waals surface area contributed by atoms with E-state index in [4.69, 9.17) is 15.3 Å². The van der Waals surface area contributed by atoms with Crippen molar-refractivity contribution in [2.24, 2.45) is 0 Å². The molecule has 0 rings (SSSR count). The number of rotatable bonds is 6. The molecule has 3 N–H and O–H groups in total. The standard InChI is InChI=1S/C6H15NO3.Ce/c8-4-1-7(2-5-9)3-6-10;/h8-10H,1-6H2;. The van der Waals surface area contributed by atoms with Crippen molar-refractivity contribution in [1.82, 2.24) is 4.90 Å². The van der Waals surface area contributed by atoms with Gasteiger partial charge in [-0.25, -0.2) is 0 Å². The summed E-state index contributed by atoms with van der Waals surface area (Å²) in [5.74, 6) is 0. The molecule has 0 aliphatic heterocycles. The summed E-state index contributed by atoms with van der Waals surface area (Å²) in [6.45, 7) is 1.75. The van der Waals surface area contributed by atoms with E-state index in [0.717, 1.165) is 0 Å². The van der Waals surface area contributed by atoms with Gasteiger partial charge in [0.05, 0.1) is 19.8 Å². The minimum absolute atomic E-state index is 0. The average Bonchev–Trinajstić information content (AvgIpc) is 1.90. The van der Waals surface area contributed by atoms with Gasteiger partial charge in [-0.2, -0.15) is 0 Å². The molecule has 4 nitrogen and oxygen atoms in total. The van der Waals surface area contributed by atoms with Crippen LogP contribution in [0.25, 0.3) is 0 Å². The van der Waals surface area contributed by atoms with Gasteiger partial charge >= 0.3 is 0 Å². The maximum absolute atomic E-state index is 8.48. The van der Waals surface area contributed by atoms with Crippen molar-refractivity contribution in [2.45, 2.75) is 0 Å². The molecule has 66 valence electrons. The van der Waals surface area contributed by atoms with Crippen LogP contribution in [0.15, 0.2) is 0 Å². The zero-order chi connectivity index (χ0) is 7.82. The zero-order valence-electron chi connectivity index (χ0n) is 6.53. The van der Waals surface area contributed by atoms with Gasteiger partial charge in [0.15, 0.2) is 0 Å². The van der Waals surface area contributed by atoms with Gasteiger partial charge < -0.3 is 15.3 Å². The Kier molecular flexibility index (Phi) is 15.0. The van der Waals surface area contributed by atoms with Gasteiger partial charge in [-0.05, 0) is 0 Å². The van der Waals surface area contributed by atoms with E-state index in [1.165, 1.54) is 0 Å². The predicted octanol–water partition coefficient (Wildman–Crippen LogP) is -1.73. The van der Waals surface area contributed by atoms with Gasteiger partial charge in [0, 0.05) is 61.4 Å². The van der Waals surface area contributed by atoms with Gasteiger partial charge in [-0.1, -0.05) is 0 Å². The maximum atomic E-state index is 8.48. The van der Waals surface area contributed by atoms with Crippen LogP contribution in [0.4, 0.5) is 0 Å². The minimum atomic E-state index is 0. The van der Waals surface area contributed by atoms with Crippen molar-refractivity contribution in [3.8, 4) is 0 Å². The molecule has 0 unspecified atom stereocenters. The van der Waals surface area contributed by atoms with Crippen LogP contribution in [0.3, 0.4) is 0 Å². The number of aliphatic hydroxyl groups excluding tert-OH is 3. The minimum Gasteiger partial charge on any atom is -0.395 e. The smallest absolute Gasteiger partial charge is 0.0558 e. The van der Waals surface area contributed by atoms with Crippen LogP contribution in [0.1, 0.15) is 0 Å². The average molecular weight is 289 g/mol. The third-order valence-corrected chi connectivity index (χ3v) is 1.25. The molecule has 0 saturated carbocycles. The van der Waals surface area contributed by atoms with Gasteiger partial charge in [-0.3, -0.25) is 4.90 Å². The predicted molar refractivity (Wildman–Crippen MR) is 37.7 cm³/mol. The molecule has 0 aliphatic carbocycles. The molecule has 0 aromatic rings. The number of nitrogens with zero attached hydrogens (tertiary/aromatic N) is 1. The Balaban J connectivity index is 0. The first kappa shape index (κ1) is 14.7. The Bertz CT molecular complexity index is 60.6. The summed E-state index contributed by atoms with van der Waals surface area (Å²) in [6.07, 6.45) is 0. The number of hydrogen-bond acceptors (Lipinski definition) is 4. The Morgan fingerprint density at radius 3 is 1.18 bits per heavy atom. The van der Waals surface area contributed by atoms with Crippen molar-refractivity contribution in [3.05, 3.63) is 0 Å². The Labute approximate surface area is 101 Å². The summed E-state index contributed by atoms with van der Waals surface area (Å²) in [7, 11) is 0. The molecule has 0 aromatic heterocycles. The van der Waals surface area contributed by atoms with Crippen molar-refractivity contribution >= 4 is 0 Å². The molecule has 0 fully saturated rings.